The quantitative estimate of drug-likeness (QED) is 0.582. The van der Waals surface area contributed by atoms with Crippen LogP contribution in [0.2, 0.25) is 0 Å². The van der Waals surface area contributed by atoms with Crippen LogP contribution in [-0.2, 0) is 9.53 Å². The fraction of sp³-hybridized carbons (Fsp3) is 0.700. The molecule has 0 N–H and O–H groups in total. The number of carbonyl (C=O) groups is 1. The number of hydrogen-bond acceptors (Lipinski definition) is 2. The smallest absolute Gasteiger partial charge is 0.161 e. The highest BCUT2D eigenvalue weighted by Crippen LogP contribution is 2.16. The summed E-state index contributed by atoms with van der Waals surface area (Å²) >= 11 is 0. The van der Waals surface area contributed by atoms with E-state index in [1.165, 1.54) is 0 Å². The van der Waals surface area contributed by atoms with E-state index in [9.17, 15) is 4.79 Å². The molecule has 2 nitrogen and oxygen atoms in total. The van der Waals surface area contributed by atoms with Crippen LogP contribution in [0.15, 0.2) is 0 Å². The van der Waals surface area contributed by atoms with Crippen molar-refractivity contribution in [2.24, 2.45) is 0 Å². The molecule has 66 valence electrons. The molecule has 1 atom stereocenters. The zero-order valence-corrected chi connectivity index (χ0v) is 7.43. The van der Waals surface area contributed by atoms with Gasteiger partial charge in [-0.1, -0.05) is 5.92 Å². The third-order valence-electron chi connectivity index (χ3n) is 2.03. The van der Waals surface area contributed by atoms with E-state index in [-0.39, 0.29) is 11.9 Å². The maximum Gasteiger partial charge on any atom is 0.161 e. The Labute approximate surface area is 73.3 Å². The third-order valence-corrected chi connectivity index (χ3v) is 2.03. The van der Waals surface area contributed by atoms with Crippen LogP contribution in [0.3, 0.4) is 0 Å². The van der Waals surface area contributed by atoms with E-state index in [2.05, 4.69) is 11.8 Å². The molecular formula is C10H14O2. The van der Waals surface area contributed by atoms with Gasteiger partial charge in [-0.2, -0.15) is 0 Å². The molecule has 1 saturated carbocycles. The van der Waals surface area contributed by atoms with Crippen molar-refractivity contribution in [1.82, 2.24) is 0 Å². The van der Waals surface area contributed by atoms with Gasteiger partial charge >= 0.3 is 0 Å². The van der Waals surface area contributed by atoms with Gasteiger partial charge in [0.1, 0.15) is 12.7 Å². The van der Waals surface area contributed by atoms with Crippen molar-refractivity contribution in [1.29, 1.82) is 0 Å². The number of carbonyl (C=O) groups excluding carboxylic acids is 1. The van der Waals surface area contributed by atoms with Crippen LogP contribution in [0.25, 0.3) is 0 Å². The summed E-state index contributed by atoms with van der Waals surface area (Å²) < 4.78 is 5.31. The van der Waals surface area contributed by atoms with Crippen molar-refractivity contribution < 1.29 is 9.53 Å². The van der Waals surface area contributed by atoms with Crippen LogP contribution in [0, 0.1) is 11.8 Å². The highest BCUT2D eigenvalue weighted by molar-refractivity contribution is 5.83. The van der Waals surface area contributed by atoms with Crippen LogP contribution in [-0.4, -0.2) is 18.5 Å². The molecule has 0 spiro atoms. The maximum absolute atomic E-state index is 11.2. The van der Waals surface area contributed by atoms with Gasteiger partial charge in [-0.25, -0.2) is 0 Å². The Morgan fingerprint density at radius 1 is 1.58 bits per heavy atom. The van der Waals surface area contributed by atoms with Crippen molar-refractivity contribution in [3.8, 4) is 11.8 Å². The van der Waals surface area contributed by atoms with E-state index < -0.39 is 0 Å². The fourth-order valence-corrected chi connectivity index (χ4v) is 1.34. The minimum Gasteiger partial charge on any atom is -0.358 e. The molecule has 0 aromatic carbocycles. The number of rotatable bonds is 2. The largest absolute Gasteiger partial charge is 0.358 e. The van der Waals surface area contributed by atoms with Crippen LogP contribution in [0.5, 0.6) is 0 Å². The highest BCUT2D eigenvalue weighted by Gasteiger charge is 2.21. The first-order valence-electron chi connectivity index (χ1n) is 4.38. The average Bonchev–Trinajstić information content (AvgIpc) is 2.09. The van der Waals surface area contributed by atoms with Gasteiger partial charge in [0, 0.05) is 6.42 Å². The molecule has 0 radical (unpaired) electrons. The van der Waals surface area contributed by atoms with Crippen molar-refractivity contribution in [3.05, 3.63) is 0 Å². The maximum atomic E-state index is 11.2. The predicted octanol–water partition coefficient (Wildman–Crippen LogP) is 1.54. The van der Waals surface area contributed by atoms with E-state index in [1.807, 2.05) is 0 Å². The summed E-state index contributed by atoms with van der Waals surface area (Å²) in [7, 11) is 0. The summed E-state index contributed by atoms with van der Waals surface area (Å²) in [5, 5.41) is 0. The molecule has 12 heavy (non-hydrogen) atoms. The first kappa shape index (κ1) is 9.28. The molecule has 0 aliphatic heterocycles. The summed E-state index contributed by atoms with van der Waals surface area (Å²) in [5.41, 5.74) is 0. The lowest BCUT2D eigenvalue weighted by Crippen LogP contribution is -2.27. The van der Waals surface area contributed by atoms with Gasteiger partial charge in [0.05, 0.1) is 0 Å². The molecule has 0 amide bonds. The summed E-state index contributed by atoms with van der Waals surface area (Å²) in [6, 6.07) is 0. The van der Waals surface area contributed by atoms with Crippen LogP contribution in [0.4, 0.5) is 0 Å². The molecule has 1 rings (SSSR count). The summed E-state index contributed by atoms with van der Waals surface area (Å²) in [4.78, 5) is 11.2. The topological polar surface area (TPSA) is 26.3 Å². The second-order valence-corrected chi connectivity index (χ2v) is 2.94. The monoisotopic (exact) mass is 166 g/mol. The molecular weight excluding hydrogens is 152 g/mol. The highest BCUT2D eigenvalue weighted by atomic mass is 16.5. The number of ketones is 1. The first-order valence-corrected chi connectivity index (χ1v) is 4.38. The van der Waals surface area contributed by atoms with Crippen LogP contribution < -0.4 is 0 Å². The second-order valence-electron chi connectivity index (χ2n) is 2.94. The van der Waals surface area contributed by atoms with Gasteiger partial charge < -0.3 is 4.74 Å². The Bertz CT molecular complexity index is 210. The SMILES string of the molecule is CC#CCOC1CCCCC1=O. The molecule has 1 aliphatic rings. The van der Waals surface area contributed by atoms with Gasteiger partial charge in [-0.3, -0.25) is 4.79 Å². The summed E-state index contributed by atoms with van der Waals surface area (Å²) in [6.45, 7) is 2.17. The Balaban J connectivity index is 2.27. The van der Waals surface area contributed by atoms with Crippen LogP contribution in [0.1, 0.15) is 32.6 Å². The predicted molar refractivity (Wildman–Crippen MR) is 46.7 cm³/mol. The lowest BCUT2D eigenvalue weighted by molar-refractivity contribution is -0.132. The van der Waals surface area contributed by atoms with Gasteiger partial charge in [0.25, 0.3) is 0 Å². The van der Waals surface area contributed by atoms with Crippen molar-refractivity contribution in [2.45, 2.75) is 38.7 Å². The Morgan fingerprint density at radius 3 is 3.08 bits per heavy atom. The zero-order chi connectivity index (χ0) is 8.81. The van der Waals surface area contributed by atoms with E-state index in [0.717, 1.165) is 19.3 Å². The minimum absolute atomic E-state index is 0.167. The van der Waals surface area contributed by atoms with Crippen LogP contribution >= 0.6 is 0 Å². The Hall–Kier alpha value is -0.810. The van der Waals surface area contributed by atoms with E-state index in [1.54, 1.807) is 6.92 Å². The lowest BCUT2D eigenvalue weighted by atomic mass is 9.96. The molecule has 0 saturated heterocycles. The van der Waals surface area contributed by atoms with Gasteiger partial charge in [0.2, 0.25) is 0 Å². The van der Waals surface area contributed by atoms with E-state index in [4.69, 9.17) is 4.74 Å². The zero-order valence-electron chi connectivity index (χ0n) is 7.43. The fourth-order valence-electron chi connectivity index (χ4n) is 1.34. The second kappa shape index (κ2) is 4.95. The minimum atomic E-state index is -0.167. The third kappa shape index (κ3) is 2.67. The van der Waals surface area contributed by atoms with E-state index >= 15 is 0 Å². The molecule has 2 heteroatoms. The molecule has 0 aromatic rings. The van der Waals surface area contributed by atoms with Gasteiger partial charge in [-0.05, 0) is 26.2 Å². The Morgan fingerprint density at radius 2 is 2.42 bits per heavy atom. The molecule has 0 heterocycles. The summed E-state index contributed by atoms with van der Waals surface area (Å²) in [5.74, 6) is 5.78. The van der Waals surface area contributed by atoms with E-state index in [0.29, 0.717) is 13.0 Å². The van der Waals surface area contributed by atoms with Gasteiger partial charge in [-0.15, -0.1) is 5.92 Å². The normalized spacial score (nSPS) is 23.1. The molecule has 1 fully saturated rings. The first-order chi connectivity index (χ1) is 5.84. The number of hydrogen-bond donors (Lipinski definition) is 0. The average molecular weight is 166 g/mol. The molecule has 0 bridgehead atoms. The molecule has 1 unspecified atom stereocenters. The molecule has 1 aliphatic carbocycles. The Kier molecular flexibility index (Phi) is 3.83. The van der Waals surface area contributed by atoms with Crippen molar-refractivity contribution >= 4 is 5.78 Å². The molecule has 0 aromatic heterocycles. The number of ether oxygens (including phenoxy) is 1. The lowest BCUT2D eigenvalue weighted by Gasteiger charge is -2.19. The summed E-state index contributed by atoms with van der Waals surface area (Å²) in [6.07, 6.45) is 3.53. The standard InChI is InChI=1S/C10H14O2/c1-2-3-8-12-10-7-5-4-6-9(10)11/h10H,4-8H2,1H3. The number of Topliss-reactive ketones (excluding diaryl/α,β-unsaturated/α-hetero) is 1. The van der Waals surface area contributed by atoms with Crippen molar-refractivity contribution in [3.63, 3.8) is 0 Å². The van der Waals surface area contributed by atoms with Gasteiger partial charge in [0.15, 0.2) is 5.78 Å². The van der Waals surface area contributed by atoms with Crippen molar-refractivity contribution in [2.75, 3.05) is 6.61 Å².